The van der Waals surface area contributed by atoms with Crippen LogP contribution >= 0.6 is 11.6 Å². The summed E-state index contributed by atoms with van der Waals surface area (Å²) in [6.45, 7) is 0. The molecule has 0 spiro atoms. The molecule has 0 unspecified atom stereocenters. The third-order valence-electron chi connectivity index (χ3n) is 2.50. The first kappa shape index (κ1) is 13.3. The lowest BCUT2D eigenvalue weighted by Gasteiger charge is -2.11. The Hall–Kier alpha value is -2.14. The van der Waals surface area contributed by atoms with E-state index in [0.717, 1.165) is 0 Å². The second-order valence-corrected chi connectivity index (χ2v) is 4.06. The van der Waals surface area contributed by atoms with E-state index in [1.807, 2.05) is 0 Å². The molecule has 0 aliphatic carbocycles. The summed E-state index contributed by atoms with van der Waals surface area (Å²) in [5.74, 6) is 1.40. The number of carbonyl (C=O) groups excluding carboxylic acids is 1. The Morgan fingerprint density at radius 2 is 1.84 bits per heavy atom. The van der Waals surface area contributed by atoms with Crippen molar-refractivity contribution in [3.8, 4) is 22.9 Å². The summed E-state index contributed by atoms with van der Waals surface area (Å²) in [6.07, 6.45) is 3.57. The van der Waals surface area contributed by atoms with E-state index in [2.05, 4.69) is 9.97 Å². The normalized spacial score (nSPS) is 10.1. The van der Waals surface area contributed by atoms with Crippen LogP contribution < -0.4 is 9.47 Å². The Morgan fingerprint density at radius 3 is 2.37 bits per heavy atom. The molecule has 0 atom stereocenters. The molecule has 0 amide bonds. The quantitative estimate of drug-likeness (QED) is 0.805. The fourth-order valence-electron chi connectivity index (χ4n) is 1.59. The first-order valence-electron chi connectivity index (χ1n) is 5.38. The standard InChI is InChI=1S/C13H11ClN2O3/c1-18-11-4-9(3-10(14)12(11)19-2)13-15-5-8(7-17)6-16-13/h3-7H,1-2H3. The van der Waals surface area contributed by atoms with Crippen molar-refractivity contribution in [2.45, 2.75) is 0 Å². The summed E-state index contributed by atoms with van der Waals surface area (Å²) in [6, 6.07) is 3.40. The number of aldehydes is 1. The highest BCUT2D eigenvalue weighted by Crippen LogP contribution is 2.38. The molecule has 6 heteroatoms. The summed E-state index contributed by atoms with van der Waals surface area (Å²) < 4.78 is 10.4. The van der Waals surface area contributed by atoms with Crippen LogP contribution in [0.25, 0.3) is 11.4 Å². The molecule has 1 aromatic heterocycles. The molecule has 19 heavy (non-hydrogen) atoms. The molecule has 0 saturated heterocycles. The SMILES string of the molecule is COc1cc(-c2ncc(C=O)cn2)cc(Cl)c1OC. The number of ether oxygens (including phenoxy) is 2. The second kappa shape index (κ2) is 5.67. The smallest absolute Gasteiger partial charge is 0.179 e. The third kappa shape index (κ3) is 2.66. The van der Waals surface area contributed by atoms with Gasteiger partial charge in [-0.25, -0.2) is 9.97 Å². The van der Waals surface area contributed by atoms with Crippen molar-refractivity contribution in [3.63, 3.8) is 0 Å². The maximum absolute atomic E-state index is 10.6. The number of rotatable bonds is 4. The maximum atomic E-state index is 10.6. The van der Waals surface area contributed by atoms with Gasteiger partial charge in [0, 0.05) is 18.0 Å². The van der Waals surface area contributed by atoms with Crippen LogP contribution in [0.4, 0.5) is 0 Å². The zero-order valence-electron chi connectivity index (χ0n) is 10.4. The summed E-state index contributed by atoms with van der Waals surface area (Å²) in [5.41, 5.74) is 1.09. The minimum absolute atomic E-state index is 0.403. The van der Waals surface area contributed by atoms with Gasteiger partial charge in [0.15, 0.2) is 23.6 Å². The topological polar surface area (TPSA) is 61.3 Å². The molecule has 0 aliphatic rings. The predicted octanol–water partition coefficient (Wildman–Crippen LogP) is 2.63. The Balaban J connectivity index is 2.49. The fourth-order valence-corrected chi connectivity index (χ4v) is 1.88. The van der Waals surface area contributed by atoms with Gasteiger partial charge in [0.05, 0.1) is 24.8 Å². The van der Waals surface area contributed by atoms with Crippen molar-refractivity contribution in [3.05, 3.63) is 35.1 Å². The summed E-state index contributed by atoms with van der Waals surface area (Å²) in [5, 5.41) is 0.403. The molecule has 5 nitrogen and oxygen atoms in total. The third-order valence-corrected chi connectivity index (χ3v) is 2.78. The van der Waals surface area contributed by atoms with E-state index >= 15 is 0 Å². The Bertz CT molecular complexity index is 600. The second-order valence-electron chi connectivity index (χ2n) is 3.65. The number of nitrogens with zero attached hydrogens (tertiary/aromatic N) is 2. The predicted molar refractivity (Wildman–Crippen MR) is 71.0 cm³/mol. The molecule has 0 fully saturated rings. The van der Waals surface area contributed by atoms with Crippen LogP contribution in [0.1, 0.15) is 10.4 Å². The highest BCUT2D eigenvalue weighted by molar-refractivity contribution is 6.32. The molecule has 98 valence electrons. The molecule has 2 aromatic rings. The minimum Gasteiger partial charge on any atom is -0.493 e. The van der Waals surface area contributed by atoms with Gasteiger partial charge in [0.1, 0.15) is 0 Å². The fraction of sp³-hybridized carbons (Fsp3) is 0.154. The Kier molecular flexibility index (Phi) is 3.97. The number of benzene rings is 1. The molecule has 0 N–H and O–H groups in total. The first-order valence-corrected chi connectivity index (χ1v) is 5.76. The molecular formula is C13H11ClN2O3. The van der Waals surface area contributed by atoms with Crippen molar-refractivity contribution < 1.29 is 14.3 Å². The van der Waals surface area contributed by atoms with Gasteiger partial charge in [-0.3, -0.25) is 4.79 Å². The van der Waals surface area contributed by atoms with Gasteiger partial charge >= 0.3 is 0 Å². The number of aromatic nitrogens is 2. The molecule has 0 saturated carbocycles. The van der Waals surface area contributed by atoms with E-state index in [-0.39, 0.29) is 0 Å². The molecule has 2 rings (SSSR count). The Labute approximate surface area is 115 Å². The van der Waals surface area contributed by atoms with Gasteiger partial charge in [-0.15, -0.1) is 0 Å². The van der Waals surface area contributed by atoms with Crippen LogP contribution in [-0.4, -0.2) is 30.5 Å². The van der Waals surface area contributed by atoms with E-state index in [0.29, 0.717) is 39.8 Å². The zero-order valence-corrected chi connectivity index (χ0v) is 11.1. The highest BCUT2D eigenvalue weighted by atomic mass is 35.5. The van der Waals surface area contributed by atoms with Gasteiger partial charge in [-0.1, -0.05) is 11.6 Å². The molecule has 0 radical (unpaired) electrons. The minimum atomic E-state index is 0.403. The highest BCUT2D eigenvalue weighted by Gasteiger charge is 2.13. The zero-order chi connectivity index (χ0) is 13.8. The average Bonchev–Trinajstić information content (AvgIpc) is 2.46. The molecule has 0 aliphatic heterocycles. The number of halogens is 1. The van der Waals surface area contributed by atoms with E-state index in [1.165, 1.54) is 26.6 Å². The summed E-state index contributed by atoms with van der Waals surface area (Å²) in [4.78, 5) is 18.7. The van der Waals surface area contributed by atoms with Crippen molar-refractivity contribution in [1.82, 2.24) is 9.97 Å². The van der Waals surface area contributed by atoms with E-state index in [4.69, 9.17) is 21.1 Å². The average molecular weight is 279 g/mol. The van der Waals surface area contributed by atoms with E-state index < -0.39 is 0 Å². The molecular weight excluding hydrogens is 268 g/mol. The van der Waals surface area contributed by atoms with Crippen LogP contribution in [0.3, 0.4) is 0 Å². The monoisotopic (exact) mass is 278 g/mol. The van der Waals surface area contributed by atoms with Gasteiger partial charge in [-0.2, -0.15) is 0 Å². The van der Waals surface area contributed by atoms with Gasteiger partial charge in [0.2, 0.25) is 0 Å². The summed E-state index contributed by atoms with van der Waals surface area (Å²) in [7, 11) is 3.03. The van der Waals surface area contributed by atoms with Crippen molar-refractivity contribution in [2.75, 3.05) is 14.2 Å². The summed E-state index contributed by atoms with van der Waals surface area (Å²) >= 11 is 6.11. The lowest BCUT2D eigenvalue weighted by molar-refractivity contribution is 0.112. The molecule has 1 aromatic carbocycles. The van der Waals surface area contributed by atoms with Crippen LogP contribution in [0.5, 0.6) is 11.5 Å². The lowest BCUT2D eigenvalue weighted by Crippen LogP contribution is -1.95. The van der Waals surface area contributed by atoms with Crippen molar-refractivity contribution in [1.29, 1.82) is 0 Å². The lowest BCUT2D eigenvalue weighted by atomic mass is 10.2. The number of methoxy groups -OCH3 is 2. The first-order chi connectivity index (χ1) is 9.19. The van der Waals surface area contributed by atoms with Crippen LogP contribution in [0.15, 0.2) is 24.5 Å². The largest absolute Gasteiger partial charge is 0.493 e. The van der Waals surface area contributed by atoms with E-state index in [9.17, 15) is 4.79 Å². The number of hydrogen-bond donors (Lipinski definition) is 0. The van der Waals surface area contributed by atoms with Crippen molar-refractivity contribution >= 4 is 17.9 Å². The van der Waals surface area contributed by atoms with Crippen LogP contribution in [0, 0.1) is 0 Å². The molecule has 0 bridgehead atoms. The molecule has 1 heterocycles. The van der Waals surface area contributed by atoms with Gasteiger partial charge in [0.25, 0.3) is 0 Å². The number of carbonyl (C=O) groups is 1. The van der Waals surface area contributed by atoms with Crippen LogP contribution in [-0.2, 0) is 0 Å². The maximum Gasteiger partial charge on any atom is 0.179 e. The van der Waals surface area contributed by atoms with Gasteiger partial charge < -0.3 is 9.47 Å². The van der Waals surface area contributed by atoms with E-state index in [1.54, 1.807) is 12.1 Å². The van der Waals surface area contributed by atoms with Crippen molar-refractivity contribution in [2.24, 2.45) is 0 Å². The van der Waals surface area contributed by atoms with Gasteiger partial charge in [-0.05, 0) is 12.1 Å². The number of hydrogen-bond acceptors (Lipinski definition) is 5. The van der Waals surface area contributed by atoms with Crippen LogP contribution in [0.2, 0.25) is 5.02 Å². The Morgan fingerprint density at radius 1 is 1.16 bits per heavy atom.